The highest BCUT2D eigenvalue weighted by atomic mass is 32.1. The number of fused-ring (bicyclic) bond motifs is 1. The minimum Gasteiger partial charge on any atom is -0.365 e. The normalized spacial score (nSPS) is 18.3. The van der Waals surface area contributed by atoms with E-state index >= 15 is 0 Å². The van der Waals surface area contributed by atoms with Gasteiger partial charge in [0.05, 0.1) is 5.56 Å². The number of carbonyl (C=O) groups excluding carboxylic acids is 2. The number of amides is 2. The van der Waals surface area contributed by atoms with Crippen molar-refractivity contribution in [2.45, 2.75) is 79.6 Å². The molecule has 2 rings (SSSR count). The van der Waals surface area contributed by atoms with Gasteiger partial charge < -0.3 is 11.1 Å². The van der Waals surface area contributed by atoms with Crippen LogP contribution < -0.4 is 11.1 Å². The van der Waals surface area contributed by atoms with Gasteiger partial charge >= 0.3 is 0 Å². The summed E-state index contributed by atoms with van der Waals surface area (Å²) in [6.45, 7) is 11.0. The lowest BCUT2D eigenvalue weighted by molar-refractivity contribution is -0.120. The van der Waals surface area contributed by atoms with Crippen LogP contribution in [-0.4, -0.2) is 11.8 Å². The second kappa shape index (κ2) is 8.55. The van der Waals surface area contributed by atoms with E-state index in [4.69, 9.17) is 5.73 Å². The molecule has 2 unspecified atom stereocenters. The lowest BCUT2D eigenvalue weighted by Crippen LogP contribution is -2.27. The topological polar surface area (TPSA) is 72.2 Å². The fourth-order valence-corrected chi connectivity index (χ4v) is 5.19. The second-order valence-corrected chi connectivity index (χ2v) is 9.72. The summed E-state index contributed by atoms with van der Waals surface area (Å²) in [6, 6.07) is 0. The van der Waals surface area contributed by atoms with Gasteiger partial charge in [-0.05, 0) is 49.0 Å². The number of nitrogens with one attached hydrogen (secondary N) is 1. The Balaban J connectivity index is 2.26. The van der Waals surface area contributed by atoms with Crippen molar-refractivity contribution in [3.05, 3.63) is 16.0 Å². The first-order chi connectivity index (χ1) is 12.2. The van der Waals surface area contributed by atoms with Crippen LogP contribution >= 0.6 is 11.3 Å². The summed E-state index contributed by atoms with van der Waals surface area (Å²) < 4.78 is 0. The molecule has 0 bridgehead atoms. The SMILES string of the molecule is CCCCC(CC)C(=O)Nc1sc2c(c1C(N)=O)CCC(C(C)(C)C)C2. The lowest BCUT2D eigenvalue weighted by Gasteiger charge is -2.33. The van der Waals surface area contributed by atoms with E-state index < -0.39 is 5.91 Å². The number of nitrogens with two attached hydrogens (primary N) is 1. The minimum atomic E-state index is -0.423. The van der Waals surface area contributed by atoms with Gasteiger partial charge in [-0.15, -0.1) is 11.3 Å². The summed E-state index contributed by atoms with van der Waals surface area (Å²) in [5, 5.41) is 3.71. The molecule has 3 N–H and O–H groups in total. The number of carbonyl (C=O) groups is 2. The minimum absolute atomic E-state index is 0.00266. The molecule has 4 nitrogen and oxygen atoms in total. The number of rotatable bonds is 7. The van der Waals surface area contributed by atoms with Crippen molar-refractivity contribution in [1.82, 2.24) is 0 Å². The molecule has 0 aliphatic heterocycles. The largest absolute Gasteiger partial charge is 0.365 e. The van der Waals surface area contributed by atoms with Crippen molar-refractivity contribution in [1.29, 1.82) is 0 Å². The molecular weight excluding hydrogens is 344 g/mol. The molecule has 26 heavy (non-hydrogen) atoms. The molecule has 5 heteroatoms. The maximum Gasteiger partial charge on any atom is 0.251 e. The molecule has 1 aromatic heterocycles. The zero-order chi connectivity index (χ0) is 19.5. The first kappa shape index (κ1) is 20.9. The van der Waals surface area contributed by atoms with E-state index in [-0.39, 0.29) is 17.2 Å². The monoisotopic (exact) mass is 378 g/mol. The van der Waals surface area contributed by atoms with Gasteiger partial charge in [0.25, 0.3) is 5.91 Å². The molecule has 146 valence electrons. The summed E-state index contributed by atoms with van der Waals surface area (Å²) in [6.07, 6.45) is 6.73. The number of thiophene rings is 1. The van der Waals surface area contributed by atoms with Crippen molar-refractivity contribution in [3.8, 4) is 0 Å². The van der Waals surface area contributed by atoms with Crippen molar-refractivity contribution < 1.29 is 9.59 Å². The van der Waals surface area contributed by atoms with Crippen molar-refractivity contribution in [2.75, 3.05) is 5.32 Å². The molecule has 0 saturated heterocycles. The molecule has 0 saturated carbocycles. The van der Waals surface area contributed by atoms with E-state index in [1.807, 2.05) is 6.92 Å². The molecular formula is C21H34N2O2S. The summed E-state index contributed by atoms with van der Waals surface area (Å²) in [4.78, 5) is 26.0. The molecule has 0 radical (unpaired) electrons. The Morgan fingerprint density at radius 1 is 1.31 bits per heavy atom. The van der Waals surface area contributed by atoms with E-state index in [0.717, 1.165) is 50.5 Å². The third-order valence-corrected chi connectivity index (χ3v) is 6.91. The molecule has 2 atom stereocenters. The molecule has 1 aromatic rings. The average Bonchev–Trinajstić information content (AvgIpc) is 2.91. The van der Waals surface area contributed by atoms with E-state index in [2.05, 4.69) is 33.0 Å². The van der Waals surface area contributed by atoms with Crippen molar-refractivity contribution >= 4 is 28.2 Å². The van der Waals surface area contributed by atoms with Crippen LogP contribution in [-0.2, 0) is 17.6 Å². The standard InChI is InChI=1S/C21H34N2O2S/c1-6-8-9-13(7-2)19(25)23-20-17(18(22)24)15-11-10-14(21(3,4)5)12-16(15)26-20/h13-14H,6-12H2,1-5H3,(H2,22,24)(H,23,25). The zero-order valence-corrected chi connectivity index (χ0v) is 17.7. The average molecular weight is 379 g/mol. The number of unbranched alkanes of at least 4 members (excludes halogenated alkanes) is 1. The van der Waals surface area contributed by atoms with Crippen LogP contribution in [0.5, 0.6) is 0 Å². The smallest absolute Gasteiger partial charge is 0.251 e. The van der Waals surface area contributed by atoms with Gasteiger partial charge in [0, 0.05) is 10.8 Å². The molecule has 1 heterocycles. The number of anilines is 1. The first-order valence-corrected chi connectivity index (χ1v) is 10.8. The summed E-state index contributed by atoms with van der Waals surface area (Å²) in [5.41, 5.74) is 7.55. The van der Waals surface area contributed by atoms with Crippen molar-refractivity contribution in [2.24, 2.45) is 23.0 Å². The van der Waals surface area contributed by atoms with E-state index in [1.165, 1.54) is 4.88 Å². The fourth-order valence-electron chi connectivity index (χ4n) is 3.86. The van der Waals surface area contributed by atoms with Gasteiger partial charge in [-0.25, -0.2) is 0 Å². The molecule has 0 aromatic carbocycles. The quantitative estimate of drug-likeness (QED) is 0.688. The van der Waals surface area contributed by atoms with E-state index in [0.29, 0.717) is 16.5 Å². The molecule has 0 fully saturated rings. The van der Waals surface area contributed by atoms with Crippen LogP contribution in [0.1, 0.15) is 87.5 Å². The van der Waals surface area contributed by atoms with Crippen LogP contribution in [0.15, 0.2) is 0 Å². The Bertz CT molecular complexity index is 658. The maximum atomic E-state index is 12.7. The summed E-state index contributed by atoms with van der Waals surface area (Å²) in [5.74, 6) is 0.186. The van der Waals surface area contributed by atoms with Gasteiger partial charge in [-0.2, -0.15) is 0 Å². The van der Waals surface area contributed by atoms with E-state index in [1.54, 1.807) is 11.3 Å². The lowest BCUT2D eigenvalue weighted by atomic mass is 9.72. The van der Waals surface area contributed by atoms with Crippen LogP contribution in [0.2, 0.25) is 0 Å². The van der Waals surface area contributed by atoms with Gasteiger partial charge in [0.1, 0.15) is 5.00 Å². The molecule has 2 amide bonds. The number of primary amides is 1. The molecule has 1 aliphatic carbocycles. The van der Waals surface area contributed by atoms with Gasteiger partial charge in [-0.1, -0.05) is 47.5 Å². The van der Waals surface area contributed by atoms with Gasteiger partial charge in [0.2, 0.25) is 5.91 Å². The predicted octanol–water partition coefficient (Wildman–Crippen LogP) is 5.15. The Morgan fingerprint density at radius 2 is 2.00 bits per heavy atom. The fraction of sp³-hybridized carbons (Fsp3) is 0.714. The van der Waals surface area contributed by atoms with Crippen LogP contribution in [0, 0.1) is 17.3 Å². The predicted molar refractivity (Wildman–Crippen MR) is 110 cm³/mol. The highest BCUT2D eigenvalue weighted by Gasteiger charge is 2.33. The molecule has 1 aliphatic rings. The Hall–Kier alpha value is -1.36. The Kier molecular flexibility index (Phi) is 6.89. The maximum absolute atomic E-state index is 12.7. The van der Waals surface area contributed by atoms with Crippen molar-refractivity contribution in [3.63, 3.8) is 0 Å². The number of hydrogen-bond acceptors (Lipinski definition) is 3. The van der Waals surface area contributed by atoms with Crippen LogP contribution in [0.3, 0.4) is 0 Å². The van der Waals surface area contributed by atoms with Crippen LogP contribution in [0.4, 0.5) is 5.00 Å². The third kappa shape index (κ3) is 4.67. The number of hydrogen-bond donors (Lipinski definition) is 2. The summed E-state index contributed by atoms with van der Waals surface area (Å²) >= 11 is 1.56. The Labute approximate surface area is 161 Å². The highest BCUT2D eigenvalue weighted by molar-refractivity contribution is 7.17. The molecule has 0 spiro atoms. The van der Waals surface area contributed by atoms with Gasteiger partial charge in [-0.3, -0.25) is 9.59 Å². The van der Waals surface area contributed by atoms with Crippen LogP contribution in [0.25, 0.3) is 0 Å². The third-order valence-electron chi connectivity index (χ3n) is 5.74. The van der Waals surface area contributed by atoms with Gasteiger partial charge in [0.15, 0.2) is 0 Å². The second-order valence-electron chi connectivity index (χ2n) is 8.61. The summed E-state index contributed by atoms with van der Waals surface area (Å²) in [7, 11) is 0. The van der Waals surface area contributed by atoms with E-state index in [9.17, 15) is 9.59 Å². The zero-order valence-electron chi connectivity index (χ0n) is 16.9. The Morgan fingerprint density at radius 3 is 2.54 bits per heavy atom. The first-order valence-electron chi connectivity index (χ1n) is 9.94. The highest BCUT2D eigenvalue weighted by Crippen LogP contribution is 2.44.